The SMILES string of the molecule is CC[C@@H]1CCCN1C.S. The molecule has 9 heavy (non-hydrogen) atoms. The Morgan fingerprint density at radius 1 is 1.56 bits per heavy atom. The molecule has 2 heteroatoms. The van der Waals surface area contributed by atoms with E-state index in [1.807, 2.05) is 0 Å². The molecule has 0 aromatic heterocycles. The third-order valence-corrected chi connectivity index (χ3v) is 2.14. The Kier molecular flexibility index (Phi) is 4.32. The highest BCUT2D eigenvalue weighted by Gasteiger charge is 2.17. The second-order valence-corrected chi connectivity index (χ2v) is 2.68. The van der Waals surface area contributed by atoms with Crippen LogP contribution in [0, 0.1) is 0 Å². The minimum absolute atomic E-state index is 0. The van der Waals surface area contributed by atoms with Gasteiger partial charge in [-0.05, 0) is 32.9 Å². The van der Waals surface area contributed by atoms with E-state index in [2.05, 4.69) is 18.9 Å². The lowest BCUT2D eigenvalue weighted by atomic mass is 10.2. The first-order valence-electron chi connectivity index (χ1n) is 3.55. The van der Waals surface area contributed by atoms with E-state index in [9.17, 15) is 0 Å². The summed E-state index contributed by atoms with van der Waals surface area (Å²) in [6.45, 7) is 3.59. The second-order valence-electron chi connectivity index (χ2n) is 2.68. The van der Waals surface area contributed by atoms with Crippen molar-refractivity contribution >= 4 is 13.5 Å². The summed E-state index contributed by atoms with van der Waals surface area (Å²) in [5, 5.41) is 0. The third kappa shape index (κ3) is 2.18. The van der Waals surface area contributed by atoms with E-state index in [1.165, 1.54) is 25.8 Å². The minimum Gasteiger partial charge on any atom is -0.303 e. The first-order chi connectivity index (χ1) is 3.84. The van der Waals surface area contributed by atoms with E-state index in [0.29, 0.717) is 0 Å². The minimum atomic E-state index is 0. The zero-order chi connectivity index (χ0) is 5.98. The van der Waals surface area contributed by atoms with Gasteiger partial charge >= 0.3 is 0 Å². The molecule has 1 rings (SSSR count). The summed E-state index contributed by atoms with van der Waals surface area (Å²) in [6.07, 6.45) is 4.17. The van der Waals surface area contributed by atoms with E-state index in [0.717, 1.165) is 6.04 Å². The van der Waals surface area contributed by atoms with Crippen molar-refractivity contribution in [3.05, 3.63) is 0 Å². The van der Waals surface area contributed by atoms with Gasteiger partial charge in [-0.15, -0.1) is 0 Å². The van der Waals surface area contributed by atoms with Crippen molar-refractivity contribution < 1.29 is 0 Å². The summed E-state index contributed by atoms with van der Waals surface area (Å²) in [7, 11) is 2.22. The van der Waals surface area contributed by atoms with Gasteiger partial charge in [0.25, 0.3) is 0 Å². The molecule has 0 N–H and O–H groups in total. The van der Waals surface area contributed by atoms with Gasteiger partial charge in [-0.3, -0.25) is 0 Å². The molecule has 1 atom stereocenters. The van der Waals surface area contributed by atoms with Crippen LogP contribution in [0.15, 0.2) is 0 Å². The molecule has 1 aliphatic rings. The maximum atomic E-state index is 2.46. The smallest absolute Gasteiger partial charge is 0.00900 e. The summed E-state index contributed by atoms with van der Waals surface area (Å²) < 4.78 is 0. The fourth-order valence-corrected chi connectivity index (χ4v) is 1.50. The Hall–Kier alpha value is 0.310. The van der Waals surface area contributed by atoms with E-state index in [4.69, 9.17) is 0 Å². The Morgan fingerprint density at radius 3 is 2.44 bits per heavy atom. The quantitative estimate of drug-likeness (QED) is 0.544. The predicted molar refractivity (Wildman–Crippen MR) is 46.3 cm³/mol. The van der Waals surface area contributed by atoms with Crippen LogP contribution in [-0.4, -0.2) is 24.5 Å². The van der Waals surface area contributed by atoms with Gasteiger partial charge in [-0.25, -0.2) is 0 Å². The van der Waals surface area contributed by atoms with E-state index < -0.39 is 0 Å². The van der Waals surface area contributed by atoms with Crippen LogP contribution < -0.4 is 0 Å². The molecule has 0 amide bonds. The van der Waals surface area contributed by atoms with Crippen LogP contribution in [0.2, 0.25) is 0 Å². The van der Waals surface area contributed by atoms with Crippen molar-refractivity contribution in [3.63, 3.8) is 0 Å². The molecule has 1 saturated heterocycles. The summed E-state index contributed by atoms with van der Waals surface area (Å²) in [5.41, 5.74) is 0. The zero-order valence-electron chi connectivity index (χ0n) is 6.35. The van der Waals surface area contributed by atoms with Gasteiger partial charge in [0.05, 0.1) is 0 Å². The van der Waals surface area contributed by atoms with Crippen LogP contribution >= 0.6 is 13.5 Å². The Labute approximate surface area is 64.9 Å². The van der Waals surface area contributed by atoms with Crippen LogP contribution in [0.1, 0.15) is 26.2 Å². The van der Waals surface area contributed by atoms with Crippen LogP contribution in [0.5, 0.6) is 0 Å². The summed E-state index contributed by atoms with van der Waals surface area (Å²) in [6, 6.07) is 0.898. The van der Waals surface area contributed by atoms with E-state index in [-0.39, 0.29) is 13.5 Å². The van der Waals surface area contributed by atoms with Gasteiger partial charge in [-0.1, -0.05) is 6.92 Å². The maximum absolute atomic E-state index is 2.46. The van der Waals surface area contributed by atoms with Gasteiger partial charge in [-0.2, -0.15) is 13.5 Å². The Bertz CT molecular complexity index is 75.3. The first-order valence-corrected chi connectivity index (χ1v) is 3.55. The number of hydrogen-bond acceptors (Lipinski definition) is 1. The molecule has 0 aliphatic carbocycles. The van der Waals surface area contributed by atoms with Gasteiger partial charge in [0, 0.05) is 6.04 Å². The second kappa shape index (κ2) is 4.18. The van der Waals surface area contributed by atoms with Gasteiger partial charge in [0.1, 0.15) is 0 Å². The highest BCUT2D eigenvalue weighted by molar-refractivity contribution is 7.59. The molecule has 1 fully saturated rings. The summed E-state index contributed by atoms with van der Waals surface area (Å²) >= 11 is 0. The number of hydrogen-bond donors (Lipinski definition) is 0. The van der Waals surface area contributed by atoms with Gasteiger partial charge in [0.15, 0.2) is 0 Å². The molecule has 0 saturated carbocycles. The normalized spacial score (nSPS) is 28.0. The first kappa shape index (κ1) is 9.31. The molecule has 0 aromatic rings. The van der Waals surface area contributed by atoms with Gasteiger partial charge < -0.3 is 4.90 Å². The number of nitrogens with zero attached hydrogens (tertiary/aromatic N) is 1. The van der Waals surface area contributed by atoms with Crippen molar-refractivity contribution in [2.75, 3.05) is 13.6 Å². The zero-order valence-corrected chi connectivity index (χ0v) is 7.35. The number of likely N-dealkylation sites (tertiary alicyclic amines) is 1. The molecule has 1 nitrogen and oxygen atoms in total. The van der Waals surface area contributed by atoms with Crippen molar-refractivity contribution in [2.45, 2.75) is 32.2 Å². The van der Waals surface area contributed by atoms with Crippen molar-refractivity contribution in [3.8, 4) is 0 Å². The average molecular weight is 147 g/mol. The molecule has 0 bridgehead atoms. The lowest BCUT2D eigenvalue weighted by Crippen LogP contribution is -2.23. The largest absolute Gasteiger partial charge is 0.303 e. The highest BCUT2D eigenvalue weighted by Crippen LogP contribution is 2.16. The lowest BCUT2D eigenvalue weighted by molar-refractivity contribution is 0.304. The number of rotatable bonds is 1. The van der Waals surface area contributed by atoms with Crippen LogP contribution in [-0.2, 0) is 0 Å². The van der Waals surface area contributed by atoms with Crippen LogP contribution in [0.4, 0.5) is 0 Å². The molecule has 1 heterocycles. The van der Waals surface area contributed by atoms with E-state index >= 15 is 0 Å². The van der Waals surface area contributed by atoms with Crippen LogP contribution in [0.3, 0.4) is 0 Å². The molecule has 0 spiro atoms. The molecule has 56 valence electrons. The predicted octanol–water partition coefficient (Wildman–Crippen LogP) is 1.60. The van der Waals surface area contributed by atoms with Crippen molar-refractivity contribution in [1.29, 1.82) is 0 Å². The lowest BCUT2D eigenvalue weighted by Gasteiger charge is -2.16. The highest BCUT2D eigenvalue weighted by atomic mass is 32.1. The summed E-state index contributed by atoms with van der Waals surface area (Å²) in [4.78, 5) is 2.46. The topological polar surface area (TPSA) is 3.24 Å². The fraction of sp³-hybridized carbons (Fsp3) is 1.00. The monoisotopic (exact) mass is 147 g/mol. The molecule has 0 radical (unpaired) electrons. The molecule has 0 unspecified atom stereocenters. The maximum Gasteiger partial charge on any atom is 0.00900 e. The fourth-order valence-electron chi connectivity index (χ4n) is 1.50. The molecule has 1 aliphatic heterocycles. The average Bonchev–Trinajstić information content (AvgIpc) is 2.14. The molecular formula is C7H17NS. The Morgan fingerprint density at radius 2 is 2.22 bits per heavy atom. The van der Waals surface area contributed by atoms with Crippen molar-refractivity contribution in [1.82, 2.24) is 4.90 Å². The molecule has 0 aromatic carbocycles. The van der Waals surface area contributed by atoms with E-state index in [1.54, 1.807) is 0 Å². The molecular weight excluding hydrogens is 130 g/mol. The third-order valence-electron chi connectivity index (χ3n) is 2.14. The summed E-state index contributed by atoms with van der Waals surface area (Å²) in [5.74, 6) is 0. The Balaban J connectivity index is 0.000000640. The van der Waals surface area contributed by atoms with Gasteiger partial charge in [0.2, 0.25) is 0 Å². The van der Waals surface area contributed by atoms with Crippen molar-refractivity contribution in [2.24, 2.45) is 0 Å². The standard InChI is InChI=1S/C7H15N.H2S/c1-3-7-5-4-6-8(7)2;/h7H,3-6H2,1-2H3;1H2/t7-;/m1./s1. The van der Waals surface area contributed by atoms with Crippen LogP contribution in [0.25, 0.3) is 0 Å².